The molecule has 2 N–H and O–H groups in total. The van der Waals surface area contributed by atoms with Crippen LogP contribution in [0.5, 0.6) is 0 Å². The van der Waals surface area contributed by atoms with Crippen molar-refractivity contribution < 1.29 is 23.2 Å². The van der Waals surface area contributed by atoms with E-state index < -0.39 is 29.4 Å². The number of pyridine rings is 1. The summed E-state index contributed by atoms with van der Waals surface area (Å²) in [5.74, 6) is -3.65. The van der Waals surface area contributed by atoms with Crippen LogP contribution < -0.4 is 10.6 Å². The average molecular weight is 596 g/mol. The summed E-state index contributed by atoms with van der Waals surface area (Å²) in [6.07, 6.45) is 1.28. The van der Waals surface area contributed by atoms with Gasteiger partial charge in [0.1, 0.15) is 35.0 Å². The van der Waals surface area contributed by atoms with Crippen molar-refractivity contribution in [2.45, 2.75) is 26.3 Å². The van der Waals surface area contributed by atoms with Crippen molar-refractivity contribution in [3.63, 3.8) is 0 Å². The van der Waals surface area contributed by atoms with E-state index in [1.54, 1.807) is 6.92 Å². The number of benzene rings is 2. The number of anilines is 2. The number of amides is 2. The summed E-state index contributed by atoms with van der Waals surface area (Å²) in [4.78, 5) is 43.0. The lowest BCUT2D eigenvalue weighted by Crippen LogP contribution is -2.22. The fraction of sp³-hybridized carbons (Fsp3) is 0.138. The molecular formula is C29H21Cl2F2N5O3. The van der Waals surface area contributed by atoms with Crippen LogP contribution in [-0.4, -0.2) is 27.1 Å². The summed E-state index contributed by atoms with van der Waals surface area (Å²) >= 11 is 12.3. The van der Waals surface area contributed by atoms with Gasteiger partial charge in [0.25, 0.3) is 11.8 Å². The number of nitriles is 1. The Kier molecular flexibility index (Phi) is 8.81. The number of ketones is 1. The van der Waals surface area contributed by atoms with E-state index in [0.717, 1.165) is 12.1 Å². The van der Waals surface area contributed by atoms with Crippen LogP contribution in [0.3, 0.4) is 0 Å². The third-order valence-corrected chi connectivity index (χ3v) is 6.66. The molecular weight excluding hydrogens is 575 g/mol. The van der Waals surface area contributed by atoms with Gasteiger partial charge in [-0.05, 0) is 67.1 Å². The molecule has 0 aliphatic rings. The summed E-state index contributed by atoms with van der Waals surface area (Å²) in [5.41, 5.74) is 0.856. The van der Waals surface area contributed by atoms with Gasteiger partial charge in [-0.15, -0.1) is 0 Å². The van der Waals surface area contributed by atoms with Gasteiger partial charge < -0.3 is 15.2 Å². The molecule has 2 aromatic carbocycles. The molecule has 0 saturated carbocycles. The highest BCUT2D eigenvalue weighted by Gasteiger charge is 2.28. The minimum absolute atomic E-state index is 0.000540. The Morgan fingerprint density at radius 2 is 1.76 bits per heavy atom. The first-order valence-electron chi connectivity index (χ1n) is 12.1. The third-order valence-electron chi connectivity index (χ3n) is 6.09. The molecule has 12 heteroatoms. The van der Waals surface area contributed by atoms with E-state index in [0.29, 0.717) is 5.56 Å². The predicted molar refractivity (Wildman–Crippen MR) is 150 cm³/mol. The first-order valence-corrected chi connectivity index (χ1v) is 12.8. The van der Waals surface area contributed by atoms with Crippen molar-refractivity contribution in [3.8, 4) is 6.07 Å². The molecule has 208 valence electrons. The van der Waals surface area contributed by atoms with E-state index in [1.807, 2.05) is 6.07 Å². The highest BCUT2D eigenvalue weighted by atomic mass is 35.5. The zero-order valence-electron chi connectivity index (χ0n) is 21.6. The SMILES string of the molecule is CC(=O)Cn1c(C(=O)Nc2ccc(C#N)cn2)cc(NC(=O)c2cc(F)cc(Cl)c2)c1[C@@H](C)c1cc(F)ccc1Cl. The van der Waals surface area contributed by atoms with Gasteiger partial charge in [-0.25, -0.2) is 13.8 Å². The standard InChI is InChI=1S/C29H21Cl2F2N5O3/c1-15(39)14-38-25(29(41)37-26-6-3-17(12-34)13-35-26)11-24(36-28(40)18-7-19(30)9-21(33)8-18)27(38)16(2)22-10-20(32)4-5-23(22)31/h3-11,13,16H,14H2,1-2H3,(H,36,40)(H,35,37,41)/t16-/m0/s1. The van der Waals surface area contributed by atoms with Gasteiger partial charge in [-0.1, -0.05) is 30.1 Å². The van der Waals surface area contributed by atoms with Gasteiger partial charge in [0, 0.05) is 33.4 Å². The molecule has 0 unspecified atom stereocenters. The van der Waals surface area contributed by atoms with Crippen LogP contribution in [0.2, 0.25) is 10.0 Å². The van der Waals surface area contributed by atoms with Crippen LogP contribution in [0, 0.1) is 23.0 Å². The van der Waals surface area contributed by atoms with Gasteiger partial charge in [0.05, 0.1) is 17.8 Å². The second-order valence-corrected chi connectivity index (χ2v) is 9.96. The Bertz CT molecular complexity index is 1690. The van der Waals surface area contributed by atoms with Crippen molar-refractivity contribution in [3.05, 3.63) is 111 Å². The van der Waals surface area contributed by atoms with Crippen LogP contribution in [-0.2, 0) is 11.3 Å². The maximum absolute atomic E-state index is 14.2. The number of carbonyl (C=O) groups is 3. The smallest absolute Gasteiger partial charge is 0.273 e. The van der Waals surface area contributed by atoms with E-state index in [9.17, 15) is 23.2 Å². The number of rotatable bonds is 8. The minimum atomic E-state index is -0.745. The van der Waals surface area contributed by atoms with Crippen molar-refractivity contribution in [1.29, 1.82) is 5.26 Å². The molecule has 0 saturated heterocycles. The maximum Gasteiger partial charge on any atom is 0.273 e. The van der Waals surface area contributed by atoms with E-state index in [2.05, 4.69) is 15.6 Å². The van der Waals surface area contributed by atoms with Crippen molar-refractivity contribution in [2.75, 3.05) is 10.6 Å². The largest absolute Gasteiger partial charge is 0.331 e. The lowest BCUT2D eigenvalue weighted by Gasteiger charge is -2.20. The molecule has 0 bridgehead atoms. The van der Waals surface area contributed by atoms with Crippen molar-refractivity contribution >= 4 is 52.3 Å². The topological polar surface area (TPSA) is 117 Å². The van der Waals surface area contributed by atoms with Crippen LogP contribution in [0.15, 0.2) is 60.8 Å². The highest BCUT2D eigenvalue weighted by Crippen LogP contribution is 2.37. The molecule has 4 rings (SSSR count). The Labute approximate surface area is 243 Å². The first kappa shape index (κ1) is 29.4. The normalized spacial score (nSPS) is 11.4. The first-order chi connectivity index (χ1) is 19.5. The lowest BCUT2D eigenvalue weighted by atomic mass is 9.96. The van der Waals surface area contributed by atoms with Crippen LogP contribution in [0.4, 0.5) is 20.3 Å². The summed E-state index contributed by atoms with van der Waals surface area (Å²) in [7, 11) is 0. The molecule has 1 atom stereocenters. The second-order valence-electron chi connectivity index (χ2n) is 9.11. The molecule has 0 aliphatic heterocycles. The predicted octanol–water partition coefficient (Wildman–Crippen LogP) is 6.59. The molecule has 2 heterocycles. The van der Waals surface area contributed by atoms with E-state index in [-0.39, 0.29) is 56.4 Å². The van der Waals surface area contributed by atoms with Gasteiger partial charge in [0.15, 0.2) is 0 Å². The molecule has 2 aromatic heterocycles. The minimum Gasteiger partial charge on any atom is -0.331 e. The van der Waals surface area contributed by atoms with Crippen molar-refractivity contribution in [2.24, 2.45) is 0 Å². The van der Waals surface area contributed by atoms with E-state index in [4.69, 9.17) is 28.5 Å². The fourth-order valence-corrected chi connectivity index (χ4v) is 4.80. The molecule has 41 heavy (non-hydrogen) atoms. The molecule has 0 radical (unpaired) electrons. The molecule has 0 fully saturated rings. The highest BCUT2D eigenvalue weighted by molar-refractivity contribution is 6.31. The van der Waals surface area contributed by atoms with Crippen LogP contribution in [0.25, 0.3) is 0 Å². The van der Waals surface area contributed by atoms with Crippen molar-refractivity contribution in [1.82, 2.24) is 9.55 Å². The molecule has 2 amide bonds. The second kappa shape index (κ2) is 12.3. The monoisotopic (exact) mass is 595 g/mol. The third kappa shape index (κ3) is 6.77. The fourth-order valence-electron chi connectivity index (χ4n) is 4.30. The number of nitrogens with zero attached hydrogens (tertiary/aromatic N) is 3. The zero-order valence-corrected chi connectivity index (χ0v) is 23.1. The number of hydrogen-bond donors (Lipinski definition) is 2. The summed E-state index contributed by atoms with van der Waals surface area (Å²) in [5, 5.41) is 14.5. The van der Waals surface area contributed by atoms with E-state index in [1.165, 1.54) is 60.2 Å². The Balaban J connectivity index is 1.86. The number of carbonyl (C=O) groups excluding carboxylic acids is 3. The van der Waals surface area contributed by atoms with Gasteiger partial charge in [-0.2, -0.15) is 5.26 Å². The lowest BCUT2D eigenvalue weighted by molar-refractivity contribution is -0.117. The molecule has 8 nitrogen and oxygen atoms in total. The van der Waals surface area contributed by atoms with E-state index >= 15 is 0 Å². The Hall–Kier alpha value is -4.59. The number of aromatic nitrogens is 2. The maximum atomic E-state index is 14.2. The number of nitrogens with one attached hydrogen (secondary N) is 2. The summed E-state index contributed by atoms with van der Waals surface area (Å²) in [6, 6.07) is 13.3. The van der Waals surface area contributed by atoms with Crippen LogP contribution in [0.1, 0.15) is 57.4 Å². The van der Waals surface area contributed by atoms with Gasteiger partial charge in [0.2, 0.25) is 0 Å². The van der Waals surface area contributed by atoms with Gasteiger partial charge >= 0.3 is 0 Å². The Morgan fingerprint density at radius 3 is 2.39 bits per heavy atom. The number of hydrogen-bond acceptors (Lipinski definition) is 5. The van der Waals surface area contributed by atoms with Gasteiger partial charge in [-0.3, -0.25) is 14.4 Å². The Morgan fingerprint density at radius 1 is 1.00 bits per heavy atom. The summed E-state index contributed by atoms with van der Waals surface area (Å²) in [6.45, 7) is 2.71. The zero-order chi connectivity index (χ0) is 29.8. The molecule has 4 aromatic rings. The average Bonchev–Trinajstić information content (AvgIpc) is 3.26. The number of Topliss-reactive ketones (excluding diaryl/α,β-unsaturated/α-hetero) is 1. The molecule has 0 spiro atoms. The summed E-state index contributed by atoms with van der Waals surface area (Å²) < 4.78 is 29.6. The van der Waals surface area contributed by atoms with Crippen LogP contribution >= 0.6 is 23.2 Å². The quantitative estimate of drug-likeness (QED) is 0.238. The molecule has 0 aliphatic carbocycles. The number of halogens is 4.